The Morgan fingerprint density at radius 2 is 1.95 bits per heavy atom. The van der Waals surface area contributed by atoms with Gasteiger partial charge in [0.2, 0.25) is 0 Å². The van der Waals surface area contributed by atoms with Gasteiger partial charge in [-0.3, -0.25) is 14.9 Å². The molecule has 11 heteroatoms. The highest BCUT2D eigenvalue weighted by Crippen LogP contribution is 2.37. The normalized spacial score (nSPS) is 17.6. The van der Waals surface area contributed by atoms with Crippen molar-refractivity contribution in [2.45, 2.75) is 37.8 Å². The lowest BCUT2D eigenvalue weighted by Gasteiger charge is -2.32. The predicted octanol–water partition coefficient (Wildman–Crippen LogP) is 5.73. The molecule has 2 N–H and O–H groups in total. The number of nitrogens with one attached hydrogen (secondary N) is 2. The highest BCUT2D eigenvalue weighted by atomic mass is 35.5. The van der Waals surface area contributed by atoms with Crippen LogP contribution < -0.4 is 5.32 Å². The van der Waals surface area contributed by atoms with Crippen LogP contribution >= 0.6 is 11.6 Å². The number of hydrogen-bond acceptors (Lipinski definition) is 5. The van der Waals surface area contributed by atoms with Crippen molar-refractivity contribution in [2.75, 3.05) is 0 Å². The average Bonchev–Trinajstić information content (AvgIpc) is 3.58. The molecule has 0 saturated heterocycles. The second kappa shape index (κ2) is 9.94. The van der Waals surface area contributed by atoms with E-state index >= 15 is 0 Å². The number of halogens is 3. The smallest absolute Gasteiger partial charge is 0.254 e. The van der Waals surface area contributed by atoms with E-state index in [1.165, 1.54) is 30.6 Å². The molecule has 1 aliphatic carbocycles. The second-order valence-electron chi connectivity index (χ2n) is 9.29. The van der Waals surface area contributed by atoms with Crippen LogP contribution in [0.2, 0.25) is 5.02 Å². The largest absolute Gasteiger partial charge is 0.349 e. The molecule has 5 aromatic rings. The van der Waals surface area contributed by atoms with E-state index in [0.29, 0.717) is 34.8 Å². The Labute approximate surface area is 221 Å². The lowest BCUT2D eigenvalue weighted by Crippen LogP contribution is -2.39. The molecule has 1 amide bonds. The summed E-state index contributed by atoms with van der Waals surface area (Å²) in [7, 11) is 0. The summed E-state index contributed by atoms with van der Waals surface area (Å²) >= 11 is 5.98. The Kier molecular flexibility index (Phi) is 6.32. The molecule has 0 aliphatic heterocycles. The van der Waals surface area contributed by atoms with E-state index < -0.39 is 11.7 Å². The van der Waals surface area contributed by atoms with Crippen LogP contribution in [0.4, 0.5) is 8.78 Å². The van der Waals surface area contributed by atoms with Crippen LogP contribution in [0.25, 0.3) is 33.9 Å². The maximum Gasteiger partial charge on any atom is 0.254 e. The number of fused-ring (bicyclic) bond motifs is 1. The average molecular weight is 534 g/mol. The van der Waals surface area contributed by atoms with Gasteiger partial charge in [0.15, 0.2) is 5.82 Å². The topological polar surface area (TPSA) is 101 Å². The molecule has 3 heterocycles. The van der Waals surface area contributed by atoms with E-state index in [2.05, 4.69) is 25.5 Å². The number of hydrogen-bond donors (Lipinski definition) is 2. The Morgan fingerprint density at radius 3 is 2.76 bits per heavy atom. The number of imidazole rings is 1. The quantitative estimate of drug-likeness (QED) is 0.300. The van der Waals surface area contributed by atoms with Gasteiger partial charge in [0, 0.05) is 17.1 Å². The fourth-order valence-electron chi connectivity index (χ4n) is 5.12. The molecule has 1 saturated carbocycles. The van der Waals surface area contributed by atoms with Crippen molar-refractivity contribution in [3.05, 3.63) is 83.3 Å². The Hall–Kier alpha value is -4.18. The monoisotopic (exact) mass is 533 g/mol. The number of nitrogens with zero attached hydrogens (tertiary/aromatic N) is 5. The number of carbonyl (C=O) groups is 1. The van der Waals surface area contributed by atoms with E-state index in [9.17, 15) is 13.6 Å². The van der Waals surface area contributed by atoms with Crippen LogP contribution in [-0.2, 0) is 0 Å². The van der Waals surface area contributed by atoms with E-state index in [4.69, 9.17) is 16.6 Å². The molecule has 0 bridgehead atoms. The highest BCUT2D eigenvalue weighted by molar-refractivity contribution is 6.31. The van der Waals surface area contributed by atoms with E-state index in [1.54, 1.807) is 24.4 Å². The predicted molar refractivity (Wildman–Crippen MR) is 138 cm³/mol. The first-order valence-corrected chi connectivity index (χ1v) is 12.6. The lowest BCUT2D eigenvalue weighted by atomic mass is 9.90. The molecule has 3 aromatic heterocycles. The number of benzene rings is 2. The zero-order chi connectivity index (χ0) is 26.2. The van der Waals surface area contributed by atoms with Crippen LogP contribution in [0.3, 0.4) is 0 Å². The molecule has 0 spiro atoms. The van der Waals surface area contributed by atoms with Gasteiger partial charge in [-0.15, -0.1) is 0 Å². The summed E-state index contributed by atoms with van der Waals surface area (Å²) in [5.74, 6) is -0.548. The van der Waals surface area contributed by atoms with Crippen molar-refractivity contribution in [1.29, 1.82) is 0 Å². The van der Waals surface area contributed by atoms with Crippen LogP contribution in [0.15, 0.2) is 61.1 Å². The number of rotatable bonds is 5. The zero-order valence-electron chi connectivity index (χ0n) is 20.0. The van der Waals surface area contributed by atoms with Gasteiger partial charge in [-0.2, -0.15) is 5.10 Å². The summed E-state index contributed by atoms with van der Waals surface area (Å²) in [6.07, 6.45) is 5.94. The summed E-state index contributed by atoms with van der Waals surface area (Å²) in [5, 5.41) is 9.98. The molecule has 0 radical (unpaired) electrons. The van der Waals surface area contributed by atoms with E-state index in [-0.39, 0.29) is 28.5 Å². The fourth-order valence-corrected chi connectivity index (χ4v) is 5.30. The van der Waals surface area contributed by atoms with Crippen molar-refractivity contribution in [3.8, 4) is 22.9 Å². The van der Waals surface area contributed by atoms with Gasteiger partial charge in [-0.05, 0) is 62.1 Å². The third-order valence-electron chi connectivity index (χ3n) is 6.87. The minimum absolute atomic E-state index is 0.0949. The molecule has 1 fully saturated rings. The standard InChI is InChI=1S/C27H22ClF2N7O/c28-15-8-9-21(30)19(10-15)27(38)34-16-4-3-5-17(11-16)37-24-12-22(25-32-14-33-36-25)31-13-23(24)35-26(37)18-6-1-2-7-20(18)29/h1-2,6-10,12-14,16-17H,3-5,11H2,(H,34,38)(H,32,33,36)/t16-,17+/m0/s1. The summed E-state index contributed by atoms with van der Waals surface area (Å²) in [5.41, 5.74) is 2.23. The van der Waals surface area contributed by atoms with E-state index in [0.717, 1.165) is 24.8 Å². The van der Waals surface area contributed by atoms with Crippen LogP contribution in [0.5, 0.6) is 0 Å². The molecule has 1 aliphatic rings. The maximum atomic E-state index is 15.0. The van der Waals surface area contributed by atoms with Gasteiger partial charge in [-0.25, -0.2) is 18.7 Å². The van der Waals surface area contributed by atoms with Crippen molar-refractivity contribution < 1.29 is 13.6 Å². The van der Waals surface area contributed by atoms with Crippen LogP contribution in [0.1, 0.15) is 42.1 Å². The molecular formula is C27H22ClF2N7O. The van der Waals surface area contributed by atoms with Gasteiger partial charge in [0.1, 0.15) is 35.0 Å². The molecular weight excluding hydrogens is 512 g/mol. The molecule has 38 heavy (non-hydrogen) atoms. The number of aromatic nitrogens is 6. The van der Waals surface area contributed by atoms with Crippen LogP contribution in [-0.4, -0.2) is 41.7 Å². The first kappa shape index (κ1) is 24.2. The molecule has 8 nitrogen and oxygen atoms in total. The second-order valence-corrected chi connectivity index (χ2v) is 9.73. The molecule has 2 atom stereocenters. The first-order chi connectivity index (χ1) is 18.5. The fraction of sp³-hybridized carbons (Fsp3) is 0.222. The third-order valence-corrected chi connectivity index (χ3v) is 7.10. The molecule has 2 aromatic carbocycles. The summed E-state index contributed by atoms with van der Waals surface area (Å²) in [6, 6.07) is 11.9. The van der Waals surface area contributed by atoms with Crippen LogP contribution in [0, 0.1) is 11.6 Å². The van der Waals surface area contributed by atoms with Crippen molar-refractivity contribution in [2.24, 2.45) is 0 Å². The van der Waals surface area contributed by atoms with Crippen molar-refractivity contribution in [3.63, 3.8) is 0 Å². The molecule has 6 rings (SSSR count). The maximum absolute atomic E-state index is 15.0. The third kappa shape index (κ3) is 4.51. The number of aromatic amines is 1. The number of H-pyrrole nitrogens is 1. The minimum atomic E-state index is -0.630. The van der Waals surface area contributed by atoms with E-state index in [1.807, 2.05) is 10.6 Å². The number of carbonyl (C=O) groups excluding carboxylic acids is 1. The highest BCUT2D eigenvalue weighted by Gasteiger charge is 2.29. The number of pyridine rings is 1. The van der Waals surface area contributed by atoms with Gasteiger partial charge >= 0.3 is 0 Å². The number of amides is 1. The SMILES string of the molecule is O=C(N[C@H]1CCC[C@@H](n2c(-c3ccccc3F)nc3cnc(-c4ncn[nH]4)cc32)C1)c1cc(Cl)ccc1F. The Morgan fingerprint density at radius 1 is 1.08 bits per heavy atom. The molecule has 192 valence electrons. The van der Waals surface area contributed by atoms with Gasteiger partial charge in [0.25, 0.3) is 5.91 Å². The Balaban J connectivity index is 1.39. The summed E-state index contributed by atoms with van der Waals surface area (Å²) in [4.78, 5) is 26.3. The summed E-state index contributed by atoms with van der Waals surface area (Å²) in [6.45, 7) is 0. The van der Waals surface area contributed by atoms with Gasteiger partial charge in [-0.1, -0.05) is 23.7 Å². The van der Waals surface area contributed by atoms with Gasteiger partial charge in [0.05, 0.1) is 22.8 Å². The minimum Gasteiger partial charge on any atom is -0.349 e. The van der Waals surface area contributed by atoms with Crippen molar-refractivity contribution in [1.82, 2.24) is 35.0 Å². The van der Waals surface area contributed by atoms with Gasteiger partial charge < -0.3 is 9.88 Å². The molecule has 0 unspecified atom stereocenters. The van der Waals surface area contributed by atoms with Crippen molar-refractivity contribution >= 4 is 28.5 Å². The zero-order valence-corrected chi connectivity index (χ0v) is 20.8. The first-order valence-electron chi connectivity index (χ1n) is 12.2. The summed E-state index contributed by atoms with van der Waals surface area (Å²) < 4.78 is 31.3. The Bertz CT molecular complexity index is 1640. The lowest BCUT2D eigenvalue weighted by molar-refractivity contribution is 0.0917.